The topological polar surface area (TPSA) is 39.0 Å². The van der Waals surface area contributed by atoms with Crippen molar-refractivity contribution in [2.75, 3.05) is 48.6 Å². The van der Waals surface area contributed by atoms with Crippen LogP contribution in [0.3, 0.4) is 0 Å². The molecule has 0 saturated carbocycles. The summed E-state index contributed by atoms with van der Waals surface area (Å²) in [5.41, 5.74) is 3.19. The van der Waals surface area contributed by atoms with Crippen molar-refractivity contribution in [3.63, 3.8) is 0 Å². The van der Waals surface area contributed by atoms with Crippen LogP contribution in [0.5, 0.6) is 0 Å². The molecule has 2 saturated heterocycles. The van der Waals surface area contributed by atoms with Crippen LogP contribution >= 0.6 is 0 Å². The van der Waals surface area contributed by atoms with E-state index in [0.29, 0.717) is 0 Å². The van der Waals surface area contributed by atoms with E-state index >= 15 is 0 Å². The molecule has 1 aromatic rings. The van der Waals surface area contributed by atoms with E-state index in [2.05, 4.69) is 115 Å². The Kier molecular flexibility index (Phi) is 13.9. The maximum Gasteiger partial charge on any atom is 1.00 e. The summed E-state index contributed by atoms with van der Waals surface area (Å²) < 4.78 is 15.5. The van der Waals surface area contributed by atoms with Gasteiger partial charge in [-0.05, 0) is 48.6 Å². The standard InChI is InChI=1S/C23H44N3Si2.2C4H8O.Li/c1-21(2,3)17-25-19-15-13-14-16-20(19)26(18-22(4,5)6)28(25,27(10,11)12)24-23(7,8)9;2*1-2-4-5-3-1;/h13-16H,17-18H2,1-12H3;2*1-4H2;/q-1;;;+1. The van der Waals surface area contributed by atoms with E-state index in [1.807, 2.05) is 0 Å². The average Bonchev–Trinajstić information content (AvgIpc) is 3.52. The van der Waals surface area contributed by atoms with E-state index in [-0.39, 0.29) is 35.2 Å². The van der Waals surface area contributed by atoms with Crippen LogP contribution in [0.2, 0.25) is 19.6 Å². The van der Waals surface area contributed by atoms with Gasteiger partial charge in [0.15, 0.2) is 0 Å². The second-order valence-electron chi connectivity index (χ2n) is 15.6. The molecule has 0 atom stereocenters. The molecule has 0 bridgehead atoms. The minimum atomic E-state index is -2.32. The maximum absolute atomic E-state index is 5.81. The average molecular weight is 570 g/mol. The first-order valence-corrected chi connectivity index (χ1v) is 21.3. The Bertz CT molecular complexity index is 781. The molecule has 0 spiro atoms. The second-order valence-corrected chi connectivity index (χ2v) is 29.2. The minimum Gasteiger partial charge on any atom is -0.627 e. The normalized spacial score (nSPS) is 19.0. The van der Waals surface area contributed by atoms with Crippen LogP contribution in [-0.2, 0) is 9.47 Å². The summed E-state index contributed by atoms with van der Waals surface area (Å²) in [5, 5.41) is 0. The Hall–Kier alpha value is -0.269. The third kappa shape index (κ3) is 11.1. The van der Waals surface area contributed by atoms with Gasteiger partial charge in [-0.15, -0.1) is 5.54 Å². The summed E-state index contributed by atoms with van der Waals surface area (Å²) in [4.78, 5) is 5.81. The molecule has 3 aliphatic rings. The van der Waals surface area contributed by atoms with Crippen molar-refractivity contribution in [2.45, 2.75) is 113 Å². The van der Waals surface area contributed by atoms with E-state index in [1.165, 1.54) is 37.1 Å². The van der Waals surface area contributed by atoms with Gasteiger partial charge in [-0.3, -0.25) is 0 Å². The molecule has 8 heteroatoms. The molecule has 5 nitrogen and oxygen atoms in total. The SMILES string of the molecule is C1CCOC1.C1CCOC1.CC(C)(C)CN1c2ccccc2N(CC(C)(C)C)[Si]1([N-]C(C)(C)C)[Si](C)(C)C.[Li+]. The summed E-state index contributed by atoms with van der Waals surface area (Å²) in [5.74, 6) is 0. The Labute approximate surface area is 256 Å². The van der Waals surface area contributed by atoms with Crippen molar-refractivity contribution < 1.29 is 28.3 Å². The van der Waals surface area contributed by atoms with Crippen LogP contribution in [0, 0.1) is 10.8 Å². The monoisotopic (exact) mass is 569 g/mol. The molecule has 4 rings (SSSR count). The zero-order valence-electron chi connectivity index (χ0n) is 28.0. The van der Waals surface area contributed by atoms with Gasteiger partial charge >= 0.3 is 18.9 Å². The third-order valence-electron chi connectivity index (χ3n) is 6.63. The number of nitrogens with zero attached hydrogens (tertiary/aromatic N) is 3. The number of benzene rings is 1. The molecule has 0 unspecified atom stereocenters. The van der Waals surface area contributed by atoms with Crippen molar-refractivity contribution in [3.05, 3.63) is 29.2 Å². The van der Waals surface area contributed by atoms with E-state index in [1.54, 1.807) is 0 Å². The maximum atomic E-state index is 5.81. The molecule has 3 aliphatic heterocycles. The molecule has 39 heavy (non-hydrogen) atoms. The number of hydrogen-bond donors (Lipinski definition) is 0. The summed E-state index contributed by atoms with van der Waals surface area (Å²) in [6.45, 7) is 34.8. The van der Waals surface area contributed by atoms with Gasteiger partial charge in [-0.25, -0.2) is 0 Å². The molecule has 3 heterocycles. The fourth-order valence-electron chi connectivity index (χ4n) is 5.33. The number of fused-ring (bicyclic) bond motifs is 1. The van der Waals surface area contributed by atoms with Gasteiger partial charge in [0, 0.05) is 39.5 Å². The van der Waals surface area contributed by atoms with Gasteiger partial charge in [-0.2, -0.15) is 0 Å². The molecule has 2 fully saturated rings. The second kappa shape index (κ2) is 14.8. The molecule has 220 valence electrons. The summed E-state index contributed by atoms with van der Waals surface area (Å²) in [6, 6.07) is 9.08. The largest absolute Gasteiger partial charge is 1.00 e. The van der Waals surface area contributed by atoms with Gasteiger partial charge in [0.1, 0.15) is 8.08 Å². The van der Waals surface area contributed by atoms with Crippen LogP contribution in [0.1, 0.15) is 88.0 Å². The molecule has 1 aromatic carbocycles. The molecule has 0 amide bonds. The smallest absolute Gasteiger partial charge is 0.627 e. The Morgan fingerprint density at radius 2 is 1.03 bits per heavy atom. The van der Waals surface area contributed by atoms with Crippen molar-refractivity contribution >= 4 is 27.0 Å². The molecule has 0 radical (unpaired) electrons. The van der Waals surface area contributed by atoms with Crippen molar-refractivity contribution in [2.24, 2.45) is 10.8 Å². The quantitative estimate of drug-likeness (QED) is 0.447. The van der Waals surface area contributed by atoms with Crippen LogP contribution in [0.4, 0.5) is 11.4 Å². The first-order valence-electron chi connectivity index (χ1n) is 14.9. The first-order chi connectivity index (χ1) is 17.4. The van der Waals surface area contributed by atoms with Crippen LogP contribution in [-0.4, -0.2) is 60.7 Å². The predicted molar refractivity (Wildman–Crippen MR) is 172 cm³/mol. The van der Waals surface area contributed by atoms with Crippen LogP contribution in [0.25, 0.3) is 4.98 Å². The van der Waals surface area contributed by atoms with Crippen molar-refractivity contribution in [1.82, 2.24) is 0 Å². The third-order valence-corrected chi connectivity index (χ3v) is 19.9. The van der Waals surface area contributed by atoms with Crippen molar-refractivity contribution in [3.8, 4) is 0 Å². The predicted octanol–water partition coefficient (Wildman–Crippen LogP) is 5.53. The number of ether oxygens (including phenoxy) is 2. The zero-order chi connectivity index (χ0) is 28.8. The summed E-state index contributed by atoms with van der Waals surface area (Å²) in [7, 11) is -4.01. The fourth-order valence-corrected chi connectivity index (χ4v) is 19.3. The number of anilines is 2. The molecule has 0 aromatic heterocycles. The van der Waals surface area contributed by atoms with Gasteiger partial charge in [-0.1, -0.05) is 94.1 Å². The van der Waals surface area contributed by atoms with E-state index < -0.39 is 15.7 Å². The minimum absolute atomic E-state index is 0. The molecule has 0 N–H and O–H groups in total. The fraction of sp³-hybridized carbons (Fsp3) is 0.806. The summed E-state index contributed by atoms with van der Waals surface area (Å²) in [6.07, 6.45) is 5.11. The van der Waals surface area contributed by atoms with Crippen molar-refractivity contribution in [1.29, 1.82) is 0 Å². The first kappa shape index (κ1) is 36.8. The number of hydrogen-bond acceptors (Lipinski definition) is 4. The summed E-state index contributed by atoms with van der Waals surface area (Å²) >= 11 is 0. The zero-order valence-corrected chi connectivity index (χ0v) is 30.0. The van der Waals surface area contributed by atoms with Crippen LogP contribution in [0.15, 0.2) is 24.3 Å². The Balaban J connectivity index is 0.000000571. The van der Waals surface area contributed by atoms with Gasteiger partial charge in [0.2, 0.25) is 0 Å². The van der Waals surface area contributed by atoms with Gasteiger partial charge < -0.3 is 23.6 Å². The van der Waals surface area contributed by atoms with Crippen LogP contribution < -0.4 is 28.0 Å². The van der Waals surface area contributed by atoms with E-state index in [9.17, 15) is 0 Å². The molecular formula is C31H60LiN3O2Si2. The number of para-hydroxylation sites is 2. The Morgan fingerprint density at radius 3 is 1.23 bits per heavy atom. The molecular weight excluding hydrogens is 509 g/mol. The van der Waals surface area contributed by atoms with E-state index in [4.69, 9.17) is 14.5 Å². The van der Waals surface area contributed by atoms with Gasteiger partial charge in [0.25, 0.3) is 0 Å². The molecule has 0 aliphatic carbocycles. The Morgan fingerprint density at radius 1 is 0.692 bits per heavy atom. The van der Waals surface area contributed by atoms with E-state index in [0.717, 1.165) is 39.5 Å². The number of rotatable bonds is 4. The van der Waals surface area contributed by atoms with Gasteiger partial charge in [0.05, 0.1) is 19.0 Å².